The molecule has 0 aromatic carbocycles. The van der Waals surface area contributed by atoms with E-state index in [4.69, 9.17) is 0 Å². The molecule has 0 saturated heterocycles. The van der Waals surface area contributed by atoms with Crippen LogP contribution < -0.4 is 0 Å². The highest BCUT2D eigenvalue weighted by molar-refractivity contribution is 5.96. The van der Waals surface area contributed by atoms with Crippen LogP contribution in [0.25, 0.3) is 0 Å². The standard InChI is InChI=1S/C30H44O2/c1-20(2)8-7-9-21(18-31)22-12-14-28(6)24-11-10-23-26(3,4)25(32)13-15-29(23)19-30(24,29)17-16-27(22,28)5/h7,9,13,15,21-24,31H,1,8,10-12,14,16-19H2,2-6H3/t21-,22+,23-,24-,27+,28-,29+,30-/m0/s1. The lowest BCUT2D eigenvalue weighted by molar-refractivity contribution is -0.141. The fraction of sp³-hybridized carbons (Fsp3) is 0.767. The molecule has 2 nitrogen and oxygen atoms in total. The topological polar surface area (TPSA) is 37.3 Å². The van der Waals surface area contributed by atoms with E-state index in [1.807, 2.05) is 6.08 Å². The van der Waals surface area contributed by atoms with Gasteiger partial charge in [0.15, 0.2) is 5.78 Å². The minimum absolute atomic E-state index is 0.209. The average Bonchev–Trinajstić information content (AvgIpc) is 3.32. The molecule has 0 amide bonds. The van der Waals surface area contributed by atoms with Gasteiger partial charge >= 0.3 is 0 Å². The van der Waals surface area contributed by atoms with E-state index in [-0.39, 0.29) is 28.8 Å². The first-order valence-electron chi connectivity index (χ1n) is 13.1. The molecule has 2 spiro atoms. The van der Waals surface area contributed by atoms with Gasteiger partial charge in [0.2, 0.25) is 0 Å². The van der Waals surface area contributed by atoms with Crippen LogP contribution in [0, 0.1) is 50.7 Å². The normalized spacial score (nSPS) is 49.2. The van der Waals surface area contributed by atoms with Gasteiger partial charge in [-0.1, -0.05) is 58.1 Å². The Morgan fingerprint density at radius 1 is 1.12 bits per heavy atom. The van der Waals surface area contributed by atoms with Crippen molar-refractivity contribution < 1.29 is 9.90 Å². The van der Waals surface area contributed by atoms with Crippen molar-refractivity contribution in [3.63, 3.8) is 0 Å². The van der Waals surface area contributed by atoms with E-state index in [1.165, 1.54) is 50.5 Å². The van der Waals surface area contributed by atoms with Gasteiger partial charge in [-0.15, -0.1) is 0 Å². The van der Waals surface area contributed by atoms with Crippen molar-refractivity contribution in [3.8, 4) is 0 Å². The highest BCUT2D eigenvalue weighted by atomic mass is 16.3. The fourth-order valence-electron chi connectivity index (χ4n) is 10.1. The monoisotopic (exact) mass is 436 g/mol. The van der Waals surface area contributed by atoms with Crippen LogP contribution >= 0.6 is 0 Å². The van der Waals surface area contributed by atoms with E-state index in [1.54, 1.807) is 0 Å². The molecule has 0 aromatic heterocycles. The second-order valence-electron chi connectivity index (χ2n) is 13.4. The van der Waals surface area contributed by atoms with Gasteiger partial charge in [0.05, 0.1) is 0 Å². The molecule has 0 bridgehead atoms. The van der Waals surface area contributed by atoms with Crippen LogP contribution in [-0.2, 0) is 4.79 Å². The zero-order valence-electron chi connectivity index (χ0n) is 21.0. The molecule has 176 valence electrons. The van der Waals surface area contributed by atoms with Crippen molar-refractivity contribution in [3.05, 3.63) is 36.5 Å². The molecule has 4 fully saturated rings. The third kappa shape index (κ3) is 2.60. The molecule has 4 saturated carbocycles. The maximum absolute atomic E-state index is 12.7. The Kier molecular flexibility index (Phi) is 4.91. The average molecular weight is 437 g/mol. The third-order valence-electron chi connectivity index (χ3n) is 12.0. The number of carbonyl (C=O) groups excluding carboxylic acids is 1. The van der Waals surface area contributed by atoms with Gasteiger partial charge < -0.3 is 5.11 Å². The summed E-state index contributed by atoms with van der Waals surface area (Å²) < 4.78 is 0. The molecule has 5 rings (SSSR count). The lowest BCUT2D eigenvalue weighted by Gasteiger charge is -2.62. The summed E-state index contributed by atoms with van der Waals surface area (Å²) in [6, 6.07) is 0. The highest BCUT2D eigenvalue weighted by Gasteiger charge is 2.81. The van der Waals surface area contributed by atoms with E-state index in [9.17, 15) is 9.90 Å². The largest absolute Gasteiger partial charge is 0.396 e. The summed E-state index contributed by atoms with van der Waals surface area (Å²) in [6.45, 7) is 16.0. The van der Waals surface area contributed by atoms with Crippen LogP contribution in [0.1, 0.15) is 86.0 Å². The quantitative estimate of drug-likeness (QED) is 0.476. The SMILES string of the molecule is C=C(C)CC=C[C@@H](CO)[C@H]1CC[C@@]2(C)[C@@H]3CC[C@H]4C(C)(C)C(=O)C=C[C@@]45C[C@@]35CC[C@]12C. The summed E-state index contributed by atoms with van der Waals surface area (Å²) >= 11 is 0. The van der Waals surface area contributed by atoms with E-state index < -0.39 is 0 Å². The predicted molar refractivity (Wildman–Crippen MR) is 131 cm³/mol. The maximum atomic E-state index is 12.7. The number of rotatable bonds is 5. The molecular formula is C30H44O2. The molecule has 0 aliphatic heterocycles. The van der Waals surface area contributed by atoms with Gasteiger partial charge in [-0.3, -0.25) is 4.79 Å². The number of hydrogen-bond donors (Lipinski definition) is 1. The zero-order valence-corrected chi connectivity index (χ0v) is 21.0. The first-order chi connectivity index (χ1) is 15.0. The Balaban J connectivity index is 1.46. The van der Waals surface area contributed by atoms with Crippen LogP contribution in [0.5, 0.6) is 0 Å². The van der Waals surface area contributed by atoms with Crippen LogP contribution in [0.2, 0.25) is 0 Å². The number of ketones is 1. The molecule has 0 heterocycles. The summed E-state index contributed by atoms with van der Waals surface area (Å²) in [6.07, 6.45) is 18.7. The first kappa shape index (κ1) is 22.6. The first-order valence-corrected chi connectivity index (χ1v) is 13.1. The predicted octanol–water partition coefficient (Wildman–Crippen LogP) is 6.90. The number of carbonyl (C=O) groups is 1. The van der Waals surface area contributed by atoms with Crippen molar-refractivity contribution >= 4 is 5.78 Å². The summed E-state index contributed by atoms with van der Waals surface area (Å²) in [4.78, 5) is 12.7. The molecule has 1 N–H and O–H groups in total. The van der Waals surface area contributed by atoms with Gasteiger partial charge in [0, 0.05) is 17.9 Å². The fourth-order valence-corrected chi connectivity index (χ4v) is 10.1. The van der Waals surface area contributed by atoms with Crippen molar-refractivity contribution in [1.82, 2.24) is 0 Å². The minimum atomic E-state index is -0.209. The molecule has 8 atom stereocenters. The number of aliphatic hydroxyl groups excluding tert-OH is 1. The van der Waals surface area contributed by atoms with Gasteiger partial charge in [-0.05, 0) is 104 Å². The van der Waals surface area contributed by atoms with E-state index >= 15 is 0 Å². The van der Waals surface area contributed by atoms with Gasteiger partial charge in [-0.2, -0.15) is 0 Å². The van der Waals surface area contributed by atoms with Crippen molar-refractivity contribution in [2.24, 2.45) is 50.7 Å². The number of aliphatic hydroxyl groups is 1. The van der Waals surface area contributed by atoms with E-state index in [2.05, 4.69) is 59.4 Å². The van der Waals surface area contributed by atoms with Gasteiger partial charge in [-0.25, -0.2) is 0 Å². The maximum Gasteiger partial charge on any atom is 0.161 e. The van der Waals surface area contributed by atoms with Crippen LogP contribution in [-0.4, -0.2) is 17.5 Å². The minimum Gasteiger partial charge on any atom is -0.396 e. The number of hydrogen-bond acceptors (Lipinski definition) is 2. The smallest absolute Gasteiger partial charge is 0.161 e. The Bertz CT molecular complexity index is 895. The van der Waals surface area contributed by atoms with Crippen LogP contribution in [0.3, 0.4) is 0 Å². The number of fused-ring (bicyclic) bond motifs is 2. The Labute approximate surface area is 195 Å². The molecule has 32 heavy (non-hydrogen) atoms. The molecule has 0 aromatic rings. The highest BCUT2D eigenvalue weighted by Crippen LogP contribution is 2.87. The summed E-state index contributed by atoms with van der Waals surface area (Å²) in [5, 5.41) is 10.4. The Hall–Kier alpha value is -1.15. The lowest BCUT2D eigenvalue weighted by Crippen LogP contribution is -2.56. The molecule has 5 aliphatic rings. The Morgan fingerprint density at radius 3 is 2.53 bits per heavy atom. The molecule has 2 heteroatoms. The Morgan fingerprint density at radius 2 is 1.84 bits per heavy atom. The molecule has 0 radical (unpaired) electrons. The van der Waals surface area contributed by atoms with Crippen LogP contribution in [0.4, 0.5) is 0 Å². The summed E-state index contributed by atoms with van der Waals surface area (Å²) in [5.74, 6) is 2.43. The van der Waals surface area contributed by atoms with Crippen molar-refractivity contribution in [2.45, 2.75) is 86.0 Å². The molecule has 5 aliphatic carbocycles. The third-order valence-corrected chi connectivity index (χ3v) is 12.0. The van der Waals surface area contributed by atoms with Crippen molar-refractivity contribution in [2.75, 3.05) is 6.61 Å². The van der Waals surface area contributed by atoms with E-state index in [0.717, 1.165) is 12.3 Å². The summed E-state index contributed by atoms with van der Waals surface area (Å²) in [5.41, 5.74) is 2.27. The van der Waals surface area contributed by atoms with E-state index in [0.29, 0.717) is 28.4 Å². The second kappa shape index (κ2) is 6.94. The van der Waals surface area contributed by atoms with Crippen molar-refractivity contribution in [1.29, 1.82) is 0 Å². The van der Waals surface area contributed by atoms with Gasteiger partial charge in [0.1, 0.15) is 0 Å². The molecular weight excluding hydrogens is 392 g/mol. The second-order valence-corrected chi connectivity index (χ2v) is 13.4. The molecule has 0 unspecified atom stereocenters. The lowest BCUT2D eigenvalue weighted by atomic mass is 9.42. The zero-order chi connectivity index (χ0) is 23.2. The van der Waals surface area contributed by atoms with Crippen LogP contribution in [0.15, 0.2) is 36.5 Å². The summed E-state index contributed by atoms with van der Waals surface area (Å²) in [7, 11) is 0. The van der Waals surface area contributed by atoms with Gasteiger partial charge in [0.25, 0.3) is 0 Å². The number of allylic oxidation sites excluding steroid dienone is 4.